The molecule has 17 heavy (non-hydrogen) atoms. The Bertz CT molecular complexity index is 382. The number of carbonyl (C=O) groups excluding carboxylic acids is 2. The molecular weight excluding hydrogens is 222 g/mol. The van der Waals surface area contributed by atoms with E-state index in [1.165, 1.54) is 4.90 Å². The zero-order chi connectivity index (χ0) is 12.3. The SMILES string of the molecule is [N-]=[N+]=NCCCN1C(=O)NC2(CCCC2)C1=O. The molecular formula is C10H15N5O2. The highest BCUT2D eigenvalue weighted by molar-refractivity contribution is 6.07. The van der Waals surface area contributed by atoms with Gasteiger partial charge in [0.1, 0.15) is 5.54 Å². The van der Waals surface area contributed by atoms with Crippen molar-refractivity contribution in [2.24, 2.45) is 5.11 Å². The normalized spacial score (nSPS) is 21.8. The molecule has 1 heterocycles. The predicted octanol–water partition coefficient (Wildman–Crippen LogP) is 1.55. The van der Waals surface area contributed by atoms with E-state index in [0.29, 0.717) is 19.5 Å². The highest BCUT2D eigenvalue weighted by Gasteiger charge is 2.51. The second kappa shape index (κ2) is 4.63. The van der Waals surface area contributed by atoms with Gasteiger partial charge in [-0.1, -0.05) is 18.0 Å². The second-order valence-electron chi connectivity index (χ2n) is 4.48. The van der Waals surface area contributed by atoms with E-state index in [2.05, 4.69) is 15.3 Å². The molecule has 0 radical (unpaired) electrons. The van der Waals surface area contributed by atoms with Crippen LogP contribution >= 0.6 is 0 Å². The van der Waals surface area contributed by atoms with Crippen LogP contribution in [0, 0.1) is 0 Å². The van der Waals surface area contributed by atoms with Crippen LogP contribution in [0.1, 0.15) is 32.1 Å². The first-order valence-corrected chi connectivity index (χ1v) is 5.85. The number of urea groups is 1. The average Bonchev–Trinajstić information content (AvgIpc) is 2.85. The maximum atomic E-state index is 12.1. The number of nitrogens with one attached hydrogen (secondary N) is 1. The van der Waals surface area contributed by atoms with Gasteiger partial charge in [0.2, 0.25) is 0 Å². The minimum absolute atomic E-state index is 0.110. The molecule has 1 saturated heterocycles. The van der Waals surface area contributed by atoms with E-state index in [0.717, 1.165) is 25.7 Å². The largest absolute Gasteiger partial charge is 0.325 e. The van der Waals surface area contributed by atoms with E-state index in [1.807, 2.05) is 0 Å². The van der Waals surface area contributed by atoms with Gasteiger partial charge < -0.3 is 5.32 Å². The van der Waals surface area contributed by atoms with Gasteiger partial charge in [-0.3, -0.25) is 9.69 Å². The smallest absolute Gasteiger partial charge is 0.323 e. The Morgan fingerprint density at radius 3 is 2.76 bits per heavy atom. The van der Waals surface area contributed by atoms with Crippen LogP contribution in [0.5, 0.6) is 0 Å². The van der Waals surface area contributed by atoms with Gasteiger partial charge in [0.25, 0.3) is 5.91 Å². The third kappa shape index (κ3) is 2.06. The van der Waals surface area contributed by atoms with Crippen LogP contribution in [0.3, 0.4) is 0 Å². The Kier molecular flexibility index (Phi) is 3.19. The van der Waals surface area contributed by atoms with Gasteiger partial charge in [-0.15, -0.1) is 0 Å². The lowest BCUT2D eigenvalue weighted by Crippen LogP contribution is -2.44. The van der Waals surface area contributed by atoms with Crippen LogP contribution in [0.15, 0.2) is 5.11 Å². The van der Waals surface area contributed by atoms with Crippen LogP contribution < -0.4 is 5.32 Å². The number of rotatable bonds is 4. The van der Waals surface area contributed by atoms with Crippen LogP contribution in [0.25, 0.3) is 10.4 Å². The molecule has 0 atom stereocenters. The molecule has 2 fully saturated rings. The fourth-order valence-corrected chi connectivity index (χ4v) is 2.54. The van der Waals surface area contributed by atoms with E-state index in [1.54, 1.807) is 0 Å². The molecule has 1 aliphatic heterocycles. The number of hydrogen-bond donors (Lipinski definition) is 1. The van der Waals surface area contributed by atoms with E-state index < -0.39 is 5.54 Å². The molecule has 3 amide bonds. The number of carbonyl (C=O) groups is 2. The highest BCUT2D eigenvalue weighted by Crippen LogP contribution is 2.34. The molecule has 1 spiro atoms. The van der Waals surface area contributed by atoms with Gasteiger partial charge in [-0.25, -0.2) is 4.79 Å². The number of amides is 3. The number of azide groups is 1. The van der Waals surface area contributed by atoms with Crippen molar-refractivity contribution in [3.63, 3.8) is 0 Å². The van der Waals surface area contributed by atoms with E-state index in [-0.39, 0.29) is 11.9 Å². The van der Waals surface area contributed by atoms with Gasteiger partial charge in [0, 0.05) is 18.0 Å². The Balaban J connectivity index is 1.96. The Labute approximate surface area is 98.8 Å². The molecule has 0 unspecified atom stereocenters. The van der Waals surface area contributed by atoms with Gasteiger partial charge >= 0.3 is 6.03 Å². The lowest BCUT2D eigenvalue weighted by molar-refractivity contribution is -0.131. The van der Waals surface area contributed by atoms with Crippen molar-refractivity contribution in [3.05, 3.63) is 10.4 Å². The van der Waals surface area contributed by atoms with Gasteiger partial charge in [0.05, 0.1) is 0 Å². The summed E-state index contributed by atoms with van der Waals surface area (Å²) < 4.78 is 0. The third-order valence-corrected chi connectivity index (χ3v) is 3.41. The summed E-state index contributed by atoms with van der Waals surface area (Å²) in [6.07, 6.45) is 3.96. The molecule has 2 aliphatic rings. The molecule has 0 aromatic rings. The average molecular weight is 237 g/mol. The topological polar surface area (TPSA) is 98.2 Å². The minimum atomic E-state index is -0.629. The zero-order valence-electron chi connectivity index (χ0n) is 9.56. The van der Waals surface area contributed by atoms with Gasteiger partial charge in [-0.2, -0.15) is 0 Å². The Hall–Kier alpha value is -1.75. The van der Waals surface area contributed by atoms with Crippen LogP contribution in [0.2, 0.25) is 0 Å². The minimum Gasteiger partial charge on any atom is -0.323 e. The number of imide groups is 1. The van der Waals surface area contributed by atoms with Crippen molar-refractivity contribution >= 4 is 11.9 Å². The Morgan fingerprint density at radius 1 is 1.41 bits per heavy atom. The summed E-state index contributed by atoms with van der Waals surface area (Å²) in [6, 6.07) is -0.308. The van der Waals surface area contributed by atoms with Crippen molar-refractivity contribution in [2.45, 2.75) is 37.6 Å². The highest BCUT2D eigenvalue weighted by atomic mass is 16.2. The predicted molar refractivity (Wildman–Crippen MR) is 60.1 cm³/mol. The van der Waals surface area contributed by atoms with Gasteiger partial charge in [0.15, 0.2) is 0 Å². The standard InChI is InChI=1S/C10H15N5O2/c11-14-12-6-3-7-15-8(16)10(13-9(15)17)4-1-2-5-10/h1-7H2,(H,13,17). The fraction of sp³-hybridized carbons (Fsp3) is 0.800. The van der Waals surface area contributed by atoms with Crippen LogP contribution in [-0.4, -0.2) is 35.5 Å². The molecule has 0 aromatic heterocycles. The Morgan fingerprint density at radius 2 is 2.12 bits per heavy atom. The van der Waals surface area contributed by atoms with E-state index in [9.17, 15) is 9.59 Å². The molecule has 0 bridgehead atoms. The maximum Gasteiger partial charge on any atom is 0.325 e. The first kappa shape index (κ1) is 11.7. The molecule has 2 rings (SSSR count). The lowest BCUT2D eigenvalue weighted by atomic mass is 9.98. The summed E-state index contributed by atoms with van der Waals surface area (Å²) in [5.41, 5.74) is 7.50. The van der Waals surface area contributed by atoms with Crippen LogP contribution in [0.4, 0.5) is 4.79 Å². The monoisotopic (exact) mass is 237 g/mol. The molecule has 7 nitrogen and oxygen atoms in total. The van der Waals surface area contributed by atoms with Crippen molar-refractivity contribution in [1.82, 2.24) is 10.2 Å². The summed E-state index contributed by atoms with van der Waals surface area (Å²) in [4.78, 5) is 27.7. The molecule has 7 heteroatoms. The second-order valence-corrected chi connectivity index (χ2v) is 4.48. The zero-order valence-corrected chi connectivity index (χ0v) is 9.56. The molecule has 1 saturated carbocycles. The summed E-state index contributed by atoms with van der Waals surface area (Å²) >= 11 is 0. The third-order valence-electron chi connectivity index (χ3n) is 3.41. The summed E-state index contributed by atoms with van der Waals surface area (Å²) in [5, 5.41) is 6.19. The first-order chi connectivity index (χ1) is 8.19. The van der Waals surface area contributed by atoms with Crippen molar-refractivity contribution in [3.8, 4) is 0 Å². The van der Waals surface area contributed by atoms with Crippen LogP contribution in [-0.2, 0) is 4.79 Å². The van der Waals surface area contributed by atoms with E-state index >= 15 is 0 Å². The van der Waals surface area contributed by atoms with Crippen molar-refractivity contribution in [2.75, 3.05) is 13.1 Å². The van der Waals surface area contributed by atoms with Crippen molar-refractivity contribution < 1.29 is 9.59 Å². The quantitative estimate of drug-likeness (QED) is 0.264. The van der Waals surface area contributed by atoms with E-state index in [4.69, 9.17) is 5.53 Å². The summed E-state index contributed by atoms with van der Waals surface area (Å²) in [7, 11) is 0. The first-order valence-electron chi connectivity index (χ1n) is 5.85. The lowest BCUT2D eigenvalue weighted by Gasteiger charge is -2.19. The number of nitrogens with zero attached hydrogens (tertiary/aromatic N) is 4. The molecule has 1 aliphatic carbocycles. The summed E-state index contributed by atoms with van der Waals surface area (Å²) in [5.74, 6) is -0.110. The summed E-state index contributed by atoms with van der Waals surface area (Å²) in [6.45, 7) is 0.631. The molecule has 1 N–H and O–H groups in total. The van der Waals surface area contributed by atoms with Crippen molar-refractivity contribution in [1.29, 1.82) is 0 Å². The molecule has 92 valence electrons. The number of hydrogen-bond acceptors (Lipinski definition) is 3. The maximum absolute atomic E-state index is 12.1. The fourth-order valence-electron chi connectivity index (χ4n) is 2.54. The molecule has 0 aromatic carbocycles. The van der Waals surface area contributed by atoms with Gasteiger partial charge in [-0.05, 0) is 24.8 Å².